The van der Waals surface area contributed by atoms with Gasteiger partial charge in [0.1, 0.15) is 5.75 Å². The summed E-state index contributed by atoms with van der Waals surface area (Å²) in [5, 5.41) is 17.4. The second-order valence-electron chi connectivity index (χ2n) is 4.08. The maximum absolute atomic E-state index is 10.6. The van der Waals surface area contributed by atoms with Gasteiger partial charge in [0.05, 0.1) is 6.61 Å². The third-order valence-corrected chi connectivity index (χ3v) is 3.03. The first-order chi connectivity index (χ1) is 9.61. The Bertz CT molecular complexity index is 646. The molecule has 1 aromatic heterocycles. The number of carbonyl (C=O) groups is 1. The Balaban J connectivity index is 2.28. The van der Waals surface area contributed by atoms with Crippen LogP contribution >= 0.6 is 12.2 Å². The van der Waals surface area contributed by atoms with Crippen LogP contribution in [0.1, 0.15) is 13.3 Å². The highest BCUT2D eigenvalue weighted by molar-refractivity contribution is 7.71. The van der Waals surface area contributed by atoms with Crippen LogP contribution in [0.15, 0.2) is 24.3 Å². The van der Waals surface area contributed by atoms with Gasteiger partial charge in [0.15, 0.2) is 10.6 Å². The van der Waals surface area contributed by atoms with Crippen molar-refractivity contribution in [2.75, 3.05) is 6.61 Å². The molecule has 7 heteroatoms. The number of hydrogen-bond donors (Lipinski definition) is 1. The van der Waals surface area contributed by atoms with E-state index in [0.717, 1.165) is 11.3 Å². The first kappa shape index (κ1) is 14.3. The number of aromatic nitrogens is 3. The van der Waals surface area contributed by atoms with Gasteiger partial charge in [0.2, 0.25) is 0 Å². The van der Waals surface area contributed by atoms with E-state index in [2.05, 4.69) is 10.2 Å². The second-order valence-corrected chi connectivity index (χ2v) is 4.47. The molecule has 0 atom stereocenters. The van der Waals surface area contributed by atoms with Crippen LogP contribution in [-0.2, 0) is 11.3 Å². The maximum atomic E-state index is 10.6. The summed E-state index contributed by atoms with van der Waals surface area (Å²) in [7, 11) is 0. The van der Waals surface area contributed by atoms with Crippen LogP contribution in [0.4, 0.5) is 0 Å². The topological polar surface area (TPSA) is 83.0 Å². The van der Waals surface area contributed by atoms with E-state index in [1.54, 1.807) is 4.57 Å². The summed E-state index contributed by atoms with van der Waals surface area (Å²) in [6, 6.07) is 7.37. The fraction of sp³-hybridized carbons (Fsp3) is 0.308. The fourth-order valence-electron chi connectivity index (χ4n) is 1.82. The predicted octanol–water partition coefficient (Wildman–Crippen LogP) is 1.15. The van der Waals surface area contributed by atoms with E-state index in [9.17, 15) is 9.90 Å². The number of aromatic amines is 1. The van der Waals surface area contributed by atoms with Gasteiger partial charge < -0.3 is 14.6 Å². The lowest BCUT2D eigenvalue weighted by molar-refractivity contribution is -0.305. The molecule has 0 unspecified atom stereocenters. The van der Waals surface area contributed by atoms with Crippen molar-refractivity contribution in [1.29, 1.82) is 0 Å². The lowest BCUT2D eigenvalue weighted by Crippen LogP contribution is -2.23. The molecule has 6 nitrogen and oxygen atoms in total. The molecule has 1 aromatic carbocycles. The summed E-state index contributed by atoms with van der Waals surface area (Å²) in [5.41, 5.74) is 0.833. The summed E-state index contributed by atoms with van der Waals surface area (Å²) in [6.07, 6.45) is -0.113. The molecule has 0 fully saturated rings. The van der Waals surface area contributed by atoms with Crippen molar-refractivity contribution in [2.45, 2.75) is 19.9 Å². The number of H-pyrrole nitrogens is 1. The van der Waals surface area contributed by atoms with Crippen LogP contribution in [0.25, 0.3) is 11.4 Å². The van der Waals surface area contributed by atoms with Gasteiger partial charge in [-0.05, 0) is 43.4 Å². The molecule has 0 aliphatic rings. The summed E-state index contributed by atoms with van der Waals surface area (Å²) in [6.45, 7) is 2.74. The molecule has 2 aromatic rings. The normalized spacial score (nSPS) is 10.4. The minimum Gasteiger partial charge on any atom is -0.550 e. The molecule has 0 saturated heterocycles. The number of rotatable bonds is 6. The Kier molecular flexibility index (Phi) is 4.52. The van der Waals surface area contributed by atoms with E-state index < -0.39 is 5.97 Å². The van der Waals surface area contributed by atoms with Crippen molar-refractivity contribution >= 4 is 18.2 Å². The summed E-state index contributed by atoms with van der Waals surface area (Å²) >= 11 is 5.10. The van der Waals surface area contributed by atoms with Gasteiger partial charge in [0.25, 0.3) is 0 Å². The molecule has 0 radical (unpaired) electrons. The van der Waals surface area contributed by atoms with Crippen molar-refractivity contribution in [1.82, 2.24) is 14.8 Å². The van der Waals surface area contributed by atoms with E-state index in [1.165, 1.54) is 0 Å². The van der Waals surface area contributed by atoms with Crippen LogP contribution < -0.4 is 9.84 Å². The maximum Gasteiger partial charge on any atom is 0.195 e. The molecule has 0 amide bonds. The Labute approximate surface area is 121 Å². The van der Waals surface area contributed by atoms with Gasteiger partial charge in [-0.2, -0.15) is 5.10 Å². The number of carbonyl (C=O) groups excluding carboxylic acids is 1. The summed E-state index contributed by atoms with van der Waals surface area (Å²) in [5.74, 6) is 0.247. The van der Waals surface area contributed by atoms with Crippen molar-refractivity contribution in [2.24, 2.45) is 0 Å². The Morgan fingerprint density at radius 2 is 2.15 bits per heavy atom. The van der Waals surface area contributed by atoms with Gasteiger partial charge in [-0.1, -0.05) is 0 Å². The molecule has 20 heavy (non-hydrogen) atoms. The lowest BCUT2D eigenvalue weighted by Gasteiger charge is -2.08. The van der Waals surface area contributed by atoms with Gasteiger partial charge in [-0.15, -0.1) is 0 Å². The van der Waals surface area contributed by atoms with E-state index in [4.69, 9.17) is 17.0 Å². The highest BCUT2D eigenvalue weighted by Crippen LogP contribution is 2.21. The van der Waals surface area contributed by atoms with E-state index >= 15 is 0 Å². The molecule has 1 heterocycles. The average Bonchev–Trinajstić information content (AvgIpc) is 2.79. The smallest absolute Gasteiger partial charge is 0.195 e. The molecule has 0 aliphatic carbocycles. The number of nitrogens with one attached hydrogen (secondary N) is 1. The molecule has 1 N–H and O–H groups in total. The number of hydrogen-bond acceptors (Lipinski definition) is 5. The Hall–Kier alpha value is -2.15. The number of aliphatic carboxylic acids is 1. The van der Waals surface area contributed by atoms with Crippen LogP contribution in [0.5, 0.6) is 5.75 Å². The minimum atomic E-state index is -1.12. The molecule has 0 bridgehead atoms. The van der Waals surface area contributed by atoms with Crippen LogP contribution in [0, 0.1) is 4.77 Å². The third kappa shape index (κ3) is 3.24. The largest absolute Gasteiger partial charge is 0.550 e. The highest BCUT2D eigenvalue weighted by atomic mass is 32.1. The van der Waals surface area contributed by atoms with Gasteiger partial charge >= 0.3 is 0 Å². The van der Waals surface area contributed by atoms with Crippen molar-refractivity contribution in [3.05, 3.63) is 29.0 Å². The second kappa shape index (κ2) is 6.33. The number of nitrogens with zero attached hydrogens (tertiary/aromatic N) is 2. The number of benzene rings is 1. The highest BCUT2D eigenvalue weighted by Gasteiger charge is 2.08. The van der Waals surface area contributed by atoms with Crippen molar-refractivity contribution in [3.63, 3.8) is 0 Å². The molecule has 2 rings (SSSR count). The van der Waals surface area contributed by atoms with Gasteiger partial charge in [-0.25, -0.2) is 0 Å². The number of carboxylic acid groups (broad SMARTS) is 1. The summed E-state index contributed by atoms with van der Waals surface area (Å²) in [4.78, 5) is 10.6. The van der Waals surface area contributed by atoms with Crippen molar-refractivity contribution in [3.8, 4) is 17.1 Å². The zero-order valence-electron chi connectivity index (χ0n) is 11.0. The fourth-order valence-corrected chi connectivity index (χ4v) is 2.04. The number of carboxylic acids is 1. The lowest BCUT2D eigenvalue weighted by atomic mass is 10.2. The summed E-state index contributed by atoms with van der Waals surface area (Å²) < 4.78 is 7.39. The van der Waals surface area contributed by atoms with E-state index in [-0.39, 0.29) is 13.0 Å². The van der Waals surface area contributed by atoms with E-state index in [1.807, 2.05) is 31.2 Å². The quantitative estimate of drug-likeness (QED) is 0.807. The van der Waals surface area contributed by atoms with Crippen LogP contribution in [0.2, 0.25) is 0 Å². The molecule has 0 saturated carbocycles. The van der Waals surface area contributed by atoms with Crippen molar-refractivity contribution < 1.29 is 14.6 Å². The molecule has 0 aliphatic heterocycles. The predicted molar refractivity (Wildman–Crippen MR) is 73.6 cm³/mol. The average molecular weight is 292 g/mol. The van der Waals surface area contributed by atoms with Crippen LogP contribution in [-0.4, -0.2) is 27.3 Å². The molecule has 0 spiro atoms. The van der Waals surface area contributed by atoms with Gasteiger partial charge in [-0.3, -0.25) is 9.67 Å². The minimum absolute atomic E-state index is 0.113. The zero-order valence-corrected chi connectivity index (χ0v) is 11.8. The molecule has 106 valence electrons. The number of ether oxygens (including phenoxy) is 1. The monoisotopic (exact) mass is 292 g/mol. The third-order valence-electron chi connectivity index (χ3n) is 2.72. The van der Waals surface area contributed by atoms with Crippen LogP contribution in [0.3, 0.4) is 0 Å². The standard InChI is InChI=1S/C13H15N3O3S/c1-2-19-10-5-3-9(4-6-10)12-14-15-13(20)16(12)8-7-11(17)18/h3-6H,2,7-8H2,1H3,(H,15,20)(H,17,18)/p-1. The molecular weight excluding hydrogens is 278 g/mol. The Morgan fingerprint density at radius 3 is 2.75 bits per heavy atom. The van der Waals surface area contributed by atoms with Gasteiger partial charge in [0, 0.05) is 24.5 Å². The zero-order chi connectivity index (χ0) is 14.5. The molecular formula is C13H14N3O3S-. The first-order valence-corrected chi connectivity index (χ1v) is 6.61. The Morgan fingerprint density at radius 1 is 1.45 bits per heavy atom. The first-order valence-electron chi connectivity index (χ1n) is 6.20. The SMILES string of the molecule is CCOc1ccc(-c2n[nH]c(=S)n2CCC(=O)[O-])cc1. The van der Waals surface area contributed by atoms with E-state index in [0.29, 0.717) is 17.2 Å².